The zero-order valence-corrected chi connectivity index (χ0v) is 19.5. The number of anilines is 1. The molecule has 2 aromatic carbocycles. The zero-order valence-electron chi connectivity index (χ0n) is 18.7. The minimum absolute atomic E-state index is 0.223. The lowest BCUT2D eigenvalue weighted by Crippen LogP contribution is -2.19. The van der Waals surface area contributed by atoms with Crippen molar-refractivity contribution in [2.24, 2.45) is 5.92 Å². The summed E-state index contributed by atoms with van der Waals surface area (Å²) in [5.74, 6) is 1.87. The fourth-order valence-corrected chi connectivity index (χ4v) is 5.73. The molecule has 33 heavy (non-hydrogen) atoms. The first kappa shape index (κ1) is 21.8. The quantitative estimate of drug-likeness (QED) is 0.395. The fraction of sp³-hybridized carbons (Fsp3) is 0.360. The van der Waals surface area contributed by atoms with Crippen molar-refractivity contribution in [3.63, 3.8) is 0 Å². The third kappa shape index (κ3) is 4.57. The van der Waals surface area contributed by atoms with Crippen molar-refractivity contribution in [3.8, 4) is 0 Å². The van der Waals surface area contributed by atoms with Crippen LogP contribution in [0, 0.1) is 11.7 Å². The van der Waals surface area contributed by atoms with E-state index in [0.29, 0.717) is 17.5 Å². The molecule has 4 aromatic rings. The number of fused-ring (bicyclic) bond motifs is 2. The Morgan fingerprint density at radius 3 is 2.58 bits per heavy atom. The standard InChI is InChI=1S/C25H27FN4O2S/c1-15(25-28-23-10-8-19(14-24(23)29-25)30-33(2,31)32)16-3-5-17(6-4-16)20-11-12-27-22-9-7-18(26)13-21(20)22/h7-17,30H,3-6H2,1-2H3,(H,28,29)/t15-,16?,17?/m0/s1. The van der Waals surface area contributed by atoms with Gasteiger partial charge in [-0.15, -0.1) is 0 Å². The molecule has 172 valence electrons. The molecule has 1 atom stereocenters. The van der Waals surface area contributed by atoms with E-state index in [0.717, 1.165) is 59.7 Å². The summed E-state index contributed by atoms with van der Waals surface area (Å²) in [4.78, 5) is 12.6. The lowest BCUT2D eigenvalue weighted by Gasteiger charge is -2.32. The summed E-state index contributed by atoms with van der Waals surface area (Å²) >= 11 is 0. The number of nitrogens with zero attached hydrogens (tertiary/aromatic N) is 2. The maximum Gasteiger partial charge on any atom is 0.229 e. The van der Waals surface area contributed by atoms with Gasteiger partial charge in [0, 0.05) is 17.5 Å². The molecule has 0 spiro atoms. The number of hydrogen-bond donors (Lipinski definition) is 2. The van der Waals surface area contributed by atoms with Crippen LogP contribution in [0.3, 0.4) is 0 Å². The average molecular weight is 467 g/mol. The van der Waals surface area contributed by atoms with Crippen LogP contribution in [-0.4, -0.2) is 29.6 Å². The number of aromatic nitrogens is 3. The van der Waals surface area contributed by atoms with Crippen LogP contribution in [-0.2, 0) is 10.0 Å². The molecule has 0 aliphatic heterocycles. The van der Waals surface area contributed by atoms with E-state index in [1.807, 2.05) is 18.3 Å². The van der Waals surface area contributed by atoms with Gasteiger partial charge >= 0.3 is 0 Å². The van der Waals surface area contributed by atoms with E-state index in [9.17, 15) is 12.8 Å². The molecule has 1 aliphatic carbocycles. The topological polar surface area (TPSA) is 87.7 Å². The van der Waals surface area contributed by atoms with Gasteiger partial charge in [0.25, 0.3) is 0 Å². The van der Waals surface area contributed by atoms with E-state index in [-0.39, 0.29) is 11.7 Å². The lowest BCUT2D eigenvalue weighted by atomic mass is 9.73. The monoisotopic (exact) mass is 466 g/mol. The van der Waals surface area contributed by atoms with Gasteiger partial charge in [0.1, 0.15) is 11.6 Å². The average Bonchev–Trinajstić information content (AvgIpc) is 3.20. The van der Waals surface area contributed by atoms with Gasteiger partial charge in [-0.05, 0) is 85.5 Å². The zero-order chi connectivity index (χ0) is 23.2. The van der Waals surface area contributed by atoms with Crippen LogP contribution in [0.5, 0.6) is 0 Å². The van der Waals surface area contributed by atoms with E-state index < -0.39 is 10.0 Å². The Morgan fingerprint density at radius 1 is 1.06 bits per heavy atom. The third-order valence-electron chi connectivity index (χ3n) is 6.89. The number of sulfonamides is 1. The first-order valence-electron chi connectivity index (χ1n) is 11.3. The summed E-state index contributed by atoms with van der Waals surface area (Å²) in [6.45, 7) is 2.20. The SMILES string of the molecule is C[C@H](c1nc2ccc(NS(C)(=O)=O)cc2[nH]1)C1CCC(c2ccnc3ccc(F)cc23)CC1. The van der Waals surface area contributed by atoms with Crippen LogP contribution in [0.2, 0.25) is 0 Å². The molecule has 2 N–H and O–H groups in total. The molecule has 2 heterocycles. The summed E-state index contributed by atoms with van der Waals surface area (Å²) in [6.07, 6.45) is 7.21. The molecule has 1 fully saturated rings. The van der Waals surface area contributed by atoms with Crippen molar-refractivity contribution < 1.29 is 12.8 Å². The molecular weight excluding hydrogens is 439 g/mol. The molecule has 1 saturated carbocycles. The van der Waals surface area contributed by atoms with Gasteiger partial charge in [-0.3, -0.25) is 9.71 Å². The summed E-state index contributed by atoms with van der Waals surface area (Å²) in [5.41, 5.74) is 4.21. The van der Waals surface area contributed by atoms with Gasteiger partial charge in [-0.25, -0.2) is 17.8 Å². The normalized spacial score (nSPS) is 20.2. The van der Waals surface area contributed by atoms with Crippen LogP contribution in [0.15, 0.2) is 48.7 Å². The molecule has 0 saturated heterocycles. The molecule has 2 aromatic heterocycles. The van der Waals surface area contributed by atoms with Gasteiger partial charge in [-0.1, -0.05) is 6.92 Å². The van der Waals surface area contributed by atoms with Crippen molar-refractivity contribution >= 4 is 37.6 Å². The van der Waals surface area contributed by atoms with Crippen LogP contribution in [0.25, 0.3) is 21.9 Å². The smallest absolute Gasteiger partial charge is 0.229 e. The van der Waals surface area contributed by atoms with Crippen LogP contribution in [0.4, 0.5) is 10.1 Å². The Balaban J connectivity index is 1.31. The Labute approximate surface area is 192 Å². The second kappa shape index (κ2) is 8.41. The highest BCUT2D eigenvalue weighted by Crippen LogP contribution is 2.43. The number of hydrogen-bond acceptors (Lipinski definition) is 4. The van der Waals surface area contributed by atoms with Gasteiger partial charge in [0.15, 0.2) is 0 Å². The first-order valence-corrected chi connectivity index (χ1v) is 13.2. The summed E-state index contributed by atoms with van der Waals surface area (Å²) in [6, 6.07) is 12.2. The number of benzene rings is 2. The van der Waals surface area contributed by atoms with Crippen LogP contribution in [0.1, 0.15) is 55.8 Å². The molecule has 1 aliphatic rings. The van der Waals surface area contributed by atoms with Crippen molar-refractivity contribution in [3.05, 3.63) is 65.9 Å². The minimum atomic E-state index is -3.33. The highest BCUT2D eigenvalue weighted by molar-refractivity contribution is 7.92. The summed E-state index contributed by atoms with van der Waals surface area (Å²) in [5, 5.41) is 0.921. The molecule has 0 unspecified atom stereocenters. The second-order valence-corrected chi connectivity index (χ2v) is 10.9. The number of nitrogens with one attached hydrogen (secondary N) is 2. The van der Waals surface area contributed by atoms with E-state index in [1.54, 1.807) is 24.3 Å². The van der Waals surface area contributed by atoms with Gasteiger partial charge in [0.2, 0.25) is 10.0 Å². The van der Waals surface area contributed by atoms with Gasteiger partial charge in [0.05, 0.1) is 28.5 Å². The van der Waals surface area contributed by atoms with Crippen molar-refractivity contribution in [1.82, 2.24) is 15.0 Å². The Hall–Kier alpha value is -3.00. The number of pyridine rings is 1. The first-order chi connectivity index (χ1) is 15.8. The Kier molecular flexibility index (Phi) is 5.56. The molecule has 0 radical (unpaired) electrons. The molecule has 8 heteroatoms. The van der Waals surface area contributed by atoms with Gasteiger partial charge < -0.3 is 4.98 Å². The van der Waals surface area contributed by atoms with Crippen LogP contribution >= 0.6 is 0 Å². The van der Waals surface area contributed by atoms with Crippen LogP contribution < -0.4 is 4.72 Å². The predicted octanol–water partition coefficient (Wildman–Crippen LogP) is 5.70. The van der Waals surface area contributed by atoms with Crippen molar-refractivity contribution in [2.75, 3.05) is 11.0 Å². The number of H-pyrrole nitrogens is 1. The molecule has 0 bridgehead atoms. The maximum absolute atomic E-state index is 13.9. The maximum atomic E-state index is 13.9. The third-order valence-corrected chi connectivity index (χ3v) is 7.50. The van der Waals surface area contributed by atoms with E-state index >= 15 is 0 Å². The predicted molar refractivity (Wildman–Crippen MR) is 129 cm³/mol. The number of halogens is 1. The molecule has 6 nitrogen and oxygen atoms in total. The second-order valence-electron chi connectivity index (χ2n) is 9.19. The van der Waals surface area contributed by atoms with Crippen molar-refractivity contribution in [1.29, 1.82) is 0 Å². The number of aromatic amines is 1. The molecule has 5 rings (SSSR count). The van der Waals surface area contributed by atoms with Gasteiger partial charge in [-0.2, -0.15) is 0 Å². The molecule has 0 amide bonds. The summed E-state index contributed by atoms with van der Waals surface area (Å²) in [7, 11) is -3.33. The minimum Gasteiger partial charge on any atom is -0.342 e. The largest absolute Gasteiger partial charge is 0.342 e. The number of rotatable bonds is 5. The Morgan fingerprint density at radius 2 is 1.82 bits per heavy atom. The van der Waals surface area contributed by atoms with E-state index in [4.69, 9.17) is 4.98 Å². The fourth-order valence-electron chi connectivity index (χ4n) is 5.17. The molecular formula is C25H27FN4O2S. The summed E-state index contributed by atoms with van der Waals surface area (Å²) < 4.78 is 39.4. The highest BCUT2D eigenvalue weighted by atomic mass is 32.2. The van der Waals surface area contributed by atoms with E-state index in [1.165, 1.54) is 11.6 Å². The van der Waals surface area contributed by atoms with E-state index in [2.05, 4.69) is 21.6 Å². The Bertz CT molecular complexity index is 1430. The van der Waals surface area contributed by atoms with Crippen molar-refractivity contribution in [2.45, 2.75) is 44.4 Å². The number of imidazole rings is 1. The highest BCUT2D eigenvalue weighted by Gasteiger charge is 2.29. The lowest BCUT2D eigenvalue weighted by molar-refractivity contribution is 0.286.